The van der Waals surface area contributed by atoms with E-state index in [-0.39, 0.29) is 27.8 Å². The highest BCUT2D eigenvalue weighted by Gasteiger charge is 2.25. The second-order valence-corrected chi connectivity index (χ2v) is 8.03. The zero-order chi connectivity index (χ0) is 22.0. The number of nitrogens with zero attached hydrogens (tertiary/aromatic N) is 3. The van der Waals surface area contributed by atoms with E-state index in [1.807, 2.05) is 30.3 Å². The normalized spacial score (nSPS) is 12.4. The summed E-state index contributed by atoms with van der Waals surface area (Å²) in [5, 5.41) is 18.9. The molecule has 0 fully saturated rings. The van der Waals surface area contributed by atoms with E-state index in [2.05, 4.69) is 10.4 Å². The Morgan fingerprint density at radius 1 is 1.19 bits per heavy atom. The molecule has 9 nitrogen and oxygen atoms in total. The minimum Gasteiger partial charge on any atom is -0.366 e. The van der Waals surface area contributed by atoms with Gasteiger partial charge < -0.3 is 11.1 Å². The maximum atomic E-state index is 12.7. The molecule has 3 aromatic rings. The molecule has 1 aromatic heterocycles. The molecule has 158 valence electrons. The number of aryl methyl sites for hydroxylation is 1. The van der Waals surface area contributed by atoms with Crippen LogP contribution in [0.5, 0.6) is 0 Å². The number of aromatic nitrogens is 2. The number of nitrogens with two attached hydrogens (primary N) is 1. The zero-order valence-electron chi connectivity index (χ0n) is 16.4. The summed E-state index contributed by atoms with van der Waals surface area (Å²) in [4.78, 5) is 35.0. The second-order valence-electron chi connectivity index (χ2n) is 7.02. The molecule has 0 radical (unpaired) electrons. The van der Waals surface area contributed by atoms with Crippen LogP contribution in [-0.4, -0.2) is 32.3 Å². The number of fused-ring (bicyclic) bond motifs is 1. The van der Waals surface area contributed by atoms with Crippen molar-refractivity contribution in [2.45, 2.75) is 24.2 Å². The molecule has 3 N–H and O–H groups in total. The molecule has 1 aliphatic rings. The molecule has 0 bridgehead atoms. The first-order chi connectivity index (χ1) is 14.9. The number of hydrogen-bond donors (Lipinski definition) is 2. The fourth-order valence-electron chi connectivity index (χ4n) is 3.52. The number of para-hydroxylation sites is 1. The summed E-state index contributed by atoms with van der Waals surface area (Å²) < 4.78 is 1.73. The molecular formula is C21H19N5O4S. The number of carbonyl (C=O) groups is 2. The molecule has 0 spiro atoms. The first-order valence-electron chi connectivity index (χ1n) is 9.61. The molecule has 0 aliphatic heterocycles. The van der Waals surface area contributed by atoms with Crippen molar-refractivity contribution in [3.05, 3.63) is 75.5 Å². The number of nitro groups is 1. The highest BCUT2D eigenvalue weighted by Crippen LogP contribution is 2.33. The molecule has 0 saturated carbocycles. The van der Waals surface area contributed by atoms with E-state index in [1.54, 1.807) is 4.68 Å². The number of nitrogens with one attached hydrogen (secondary N) is 1. The highest BCUT2D eigenvalue weighted by molar-refractivity contribution is 8.00. The molecule has 2 aromatic carbocycles. The standard InChI is InChI=1S/C21H19N5O4S/c22-20(28)13-9-10-18(17(11-13)26(29)30)31-12-19(27)23-21-15-7-4-8-16(15)24-25(21)14-5-2-1-3-6-14/h1-3,5-6,9-11H,4,7-8,12H2,(H2,22,28)(H,23,27). The van der Waals surface area contributed by atoms with Gasteiger partial charge >= 0.3 is 0 Å². The summed E-state index contributed by atoms with van der Waals surface area (Å²) in [5.41, 5.74) is 7.83. The Bertz CT molecular complexity index is 1180. The number of anilines is 1. The van der Waals surface area contributed by atoms with Crippen molar-refractivity contribution >= 4 is 35.1 Å². The molecule has 10 heteroatoms. The van der Waals surface area contributed by atoms with Crippen LogP contribution in [0.4, 0.5) is 11.5 Å². The SMILES string of the molecule is NC(=O)c1ccc(SCC(=O)Nc2c3c(nn2-c2ccccc2)CCC3)c([N+](=O)[O-])c1. The van der Waals surface area contributed by atoms with E-state index < -0.39 is 10.8 Å². The minimum absolute atomic E-state index is 0.0362. The fraction of sp³-hybridized carbons (Fsp3) is 0.190. The van der Waals surface area contributed by atoms with Crippen LogP contribution in [-0.2, 0) is 17.6 Å². The summed E-state index contributed by atoms with van der Waals surface area (Å²) in [7, 11) is 0. The maximum Gasteiger partial charge on any atom is 0.283 e. The van der Waals surface area contributed by atoms with Gasteiger partial charge in [0, 0.05) is 17.2 Å². The number of amides is 2. The smallest absolute Gasteiger partial charge is 0.283 e. The largest absolute Gasteiger partial charge is 0.366 e. The summed E-state index contributed by atoms with van der Waals surface area (Å²) in [6.07, 6.45) is 2.69. The van der Waals surface area contributed by atoms with Gasteiger partial charge in [-0.1, -0.05) is 18.2 Å². The van der Waals surface area contributed by atoms with Crippen LogP contribution in [0.2, 0.25) is 0 Å². The Balaban J connectivity index is 1.53. The van der Waals surface area contributed by atoms with E-state index in [4.69, 9.17) is 5.73 Å². The molecule has 0 saturated heterocycles. The molecule has 31 heavy (non-hydrogen) atoms. The van der Waals surface area contributed by atoms with Crippen LogP contribution in [0.1, 0.15) is 28.0 Å². The van der Waals surface area contributed by atoms with E-state index in [1.165, 1.54) is 12.1 Å². The van der Waals surface area contributed by atoms with Crippen molar-refractivity contribution in [3.63, 3.8) is 0 Å². The summed E-state index contributed by atoms with van der Waals surface area (Å²) in [5.74, 6) is -0.445. The number of primary amides is 1. The zero-order valence-corrected chi connectivity index (χ0v) is 17.2. The molecule has 0 atom stereocenters. The van der Waals surface area contributed by atoms with Gasteiger partial charge in [0.15, 0.2) is 0 Å². The number of hydrogen-bond acceptors (Lipinski definition) is 6. The van der Waals surface area contributed by atoms with Crippen molar-refractivity contribution in [2.24, 2.45) is 5.73 Å². The summed E-state index contributed by atoms with van der Waals surface area (Å²) >= 11 is 1.03. The quantitative estimate of drug-likeness (QED) is 0.331. The summed E-state index contributed by atoms with van der Waals surface area (Å²) in [6, 6.07) is 13.5. The number of carbonyl (C=O) groups excluding carboxylic acids is 2. The van der Waals surface area contributed by atoms with Gasteiger partial charge in [-0.2, -0.15) is 5.10 Å². The van der Waals surface area contributed by atoms with E-state index in [9.17, 15) is 19.7 Å². The Kier molecular flexibility index (Phi) is 5.72. The number of nitro benzene ring substituents is 1. The van der Waals surface area contributed by atoms with Crippen molar-refractivity contribution in [1.82, 2.24) is 9.78 Å². The lowest BCUT2D eigenvalue weighted by molar-refractivity contribution is -0.387. The van der Waals surface area contributed by atoms with Crippen LogP contribution in [0.15, 0.2) is 53.4 Å². The Labute approximate surface area is 181 Å². The molecule has 1 aliphatic carbocycles. The van der Waals surface area contributed by atoms with Crippen molar-refractivity contribution in [3.8, 4) is 5.69 Å². The lowest BCUT2D eigenvalue weighted by Crippen LogP contribution is -2.18. The maximum absolute atomic E-state index is 12.7. The van der Waals surface area contributed by atoms with Gasteiger partial charge in [0.1, 0.15) is 5.82 Å². The van der Waals surface area contributed by atoms with E-state index in [0.717, 1.165) is 54.0 Å². The lowest BCUT2D eigenvalue weighted by Gasteiger charge is -2.11. The third-order valence-electron chi connectivity index (χ3n) is 4.96. The first kappa shape index (κ1) is 20.6. The van der Waals surface area contributed by atoms with Crippen LogP contribution in [0.25, 0.3) is 5.69 Å². The molecular weight excluding hydrogens is 418 g/mol. The number of benzene rings is 2. The second kappa shape index (κ2) is 8.60. The molecule has 0 unspecified atom stereocenters. The molecule has 2 amide bonds. The minimum atomic E-state index is -0.750. The van der Waals surface area contributed by atoms with Crippen LogP contribution in [0, 0.1) is 10.1 Å². The number of thioether (sulfide) groups is 1. The lowest BCUT2D eigenvalue weighted by atomic mass is 10.2. The van der Waals surface area contributed by atoms with Crippen LogP contribution in [0.3, 0.4) is 0 Å². The van der Waals surface area contributed by atoms with Crippen molar-refractivity contribution in [2.75, 3.05) is 11.1 Å². The van der Waals surface area contributed by atoms with Gasteiger partial charge in [0.05, 0.1) is 27.0 Å². The van der Waals surface area contributed by atoms with Crippen LogP contribution >= 0.6 is 11.8 Å². The predicted octanol–water partition coefficient (Wildman–Crippen LogP) is 3.10. The average Bonchev–Trinajstić information content (AvgIpc) is 3.35. The Morgan fingerprint density at radius 3 is 2.68 bits per heavy atom. The van der Waals surface area contributed by atoms with Crippen LogP contribution < -0.4 is 11.1 Å². The third kappa shape index (κ3) is 4.29. The van der Waals surface area contributed by atoms with Gasteiger partial charge in [-0.05, 0) is 43.5 Å². The summed E-state index contributed by atoms with van der Waals surface area (Å²) in [6.45, 7) is 0. The predicted molar refractivity (Wildman–Crippen MR) is 117 cm³/mol. The van der Waals surface area contributed by atoms with Gasteiger partial charge in [-0.25, -0.2) is 4.68 Å². The average molecular weight is 437 g/mol. The monoisotopic (exact) mass is 437 g/mol. The first-order valence-corrected chi connectivity index (χ1v) is 10.6. The third-order valence-corrected chi connectivity index (χ3v) is 6.03. The Hall–Kier alpha value is -3.66. The number of rotatable bonds is 7. The van der Waals surface area contributed by atoms with E-state index >= 15 is 0 Å². The van der Waals surface area contributed by atoms with Gasteiger partial charge in [-0.15, -0.1) is 11.8 Å². The van der Waals surface area contributed by atoms with Gasteiger partial charge in [0.2, 0.25) is 11.8 Å². The van der Waals surface area contributed by atoms with Gasteiger partial charge in [-0.3, -0.25) is 19.7 Å². The molecule has 1 heterocycles. The van der Waals surface area contributed by atoms with E-state index in [0.29, 0.717) is 5.82 Å². The highest BCUT2D eigenvalue weighted by atomic mass is 32.2. The Morgan fingerprint density at radius 2 is 1.97 bits per heavy atom. The van der Waals surface area contributed by atoms with Crippen molar-refractivity contribution < 1.29 is 14.5 Å². The topological polar surface area (TPSA) is 133 Å². The van der Waals surface area contributed by atoms with Crippen molar-refractivity contribution in [1.29, 1.82) is 0 Å². The fourth-order valence-corrected chi connectivity index (χ4v) is 4.33. The molecule has 4 rings (SSSR count). The van der Waals surface area contributed by atoms with Gasteiger partial charge in [0.25, 0.3) is 5.69 Å².